The molecule has 59 heavy (non-hydrogen) atoms. The van der Waals surface area contributed by atoms with Gasteiger partial charge in [0.2, 0.25) is 0 Å². The second kappa shape index (κ2) is 14.0. The number of hydrogen-bond donors (Lipinski definition) is 0. The summed E-state index contributed by atoms with van der Waals surface area (Å²) in [6.45, 7) is 4.73. The Balaban J connectivity index is 0.988. The molecule has 0 saturated heterocycles. The fourth-order valence-corrected chi connectivity index (χ4v) is 9.68. The molecular weight excluding hydrogens is 713 g/mol. The van der Waals surface area contributed by atoms with E-state index in [1.165, 1.54) is 83.1 Å². The monoisotopic (exact) mass is 756 g/mol. The number of anilines is 3. The van der Waals surface area contributed by atoms with Gasteiger partial charge in [-0.05, 0) is 141 Å². The molecule has 1 heterocycles. The van der Waals surface area contributed by atoms with Crippen LogP contribution in [0.3, 0.4) is 0 Å². The van der Waals surface area contributed by atoms with Gasteiger partial charge in [0, 0.05) is 38.9 Å². The molecule has 0 unspecified atom stereocenters. The summed E-state index contributed by atoms with van der Waals surface area (Å²) >= 11 is 0. The third-order valence-corrected chi connectivity index (χ3v) is 12.7. The van der Waals surface area contributed by atoms with E-state index < -0.39 is 0 Å². The molecule has 1 aromatic heterocycles. The molecular formula is C57H44N2. The van der Waals surface area contributed by atoms with Crippen LogP contribution in [0.4, 0.5) is 17.1 Å². The van der Waals surface area contributed by atoms with Crippen molar-refractivity contribution in [2.24, 2.45) is 0 Å². The molecule has 2 heteroatoms. The molecule has 0 radical (unpaired) electrons. The summed E-state index contributed by atoms with van der Waals surface area (Å²) < 4.78 is 2.51. The van der Waals surface area contributed by atoms with Crippen molar-refractivity contribution < 1.29 is 0 Å². The summed E-state index contributed by atoms with van der Waals surface area (Å²) in [6, 6.07) is 71.0. The minimum Gasteiger partial charge on any atom is -0.313 e. The first-order valence-electron chi connectivity index (χ1n) is 20.8. The lowest BCUT2D eigenvalue weighted by Crippen LogP contribution is -2.15. The summed E-state index contributed by atoms with van der Waals surface area (Å²) in [5.74, 6) is 0. The van der Waals surface area contributed by atoms with E-state index in [-0.39, 0.29) is 5.41 Å². The lowest BCUT2D eigenvalue weighted by molar-refractivity contribution is 0.660. The summed E-state index contributed by atoms with van der Waals surface area (Å²) in [6.07, 6.45) is 6.70. The number of allylic oxidation sites excluding steroid dienone is 4. The molecule has 8 aromatic carbocycles. The Morgan fingerprint density at radius 2 is 0.915 bits per heavy atom. The van der Waals surface area contributed by atoms with Gasteiger partial charge < -0.3 is 9.47 Å². The van der Waals surface area contributed by atoms with Crippen LogP contribution in [0.1, 0.15) is 43.4 Å². The van der Waals surface area contributed by atoms with Crippen molar-refractivity contribution in [3.05, 3.63) is 223 Å². The summed E-state index contributed by atoms with van der Waals surface area (Å²) in [7, 11) is 0. The maximum Gasteiger partial charge on any atom is 0.0538 e. The molecule has 2 aliphatic carbocycles. The molecule has 0 aliphatic heterocycles. The topological polar surface area (TPSA) is 8.17 Å². The third-order valence-electron chi connectivity index (χ3n) is 12.7. The van der Waals surface area contributed by atoms with Gasteiger partial charge in [0.15, 0.2) is 0 Å². The van der Waals surface area contributed by atoms with Gasteiger partial charge in [-0.25, -0.2) is 0 Å². The lowest BCUT2D eigenvalue weighted by atomic mass is 9.81. The van der Waals surface area contributed by atoms with Gasteiger partial charge in [0.05, 0.1) is 11.0 Å². The Morgan fingerprint density at radius 3 is 1.53 bits per heavy atom. The fraction of sp³-hybridized carbons (Fsp3) is 0.0877. The van der Waals surface area contributed by atoms with Gasteiger partial charge in [0.1, 0.15) is 0 Å². The fourth-order valence-electron chi connectivity index (χ4n) is 9.68. The number of rotatable bonds is 7. The van der Waals surface area contributed by atoms with Crippen LogP contribution in [-0.4, -0.2) is 4.57 Å². The second-order valence-electron chi connectivity index (χ2n) is 16.5. The largest absolute Gasteiger partial charge is 0.313 e. The SMILES string of the molecule is CC1(C)c2ccccc2-c2ccc(C3=CC=C(n4c5ccc(-c6ccccc6)cc5c5cc(-c6ccc(N(c7ccccc7)c7ccccc7)cc6)ccc54)CC3)cc21. The van der Waals surface area contributed by atoms with E-state index in [4.69, 9.17) is 0 Å². The van der Waals surface area contributed by atoms with Crippen LogP contribution in [0.25, 0.3) is 66.5 Å². The Kier molecular flexibility index (Phi) is 8.34. The molecule has 0 amide bonds. The van der Waals surface area contributed by atoms with Crippen LogP contribution in [0.5, 0.6) is 0 Å². The zero-order chi connectivity index (χ0) is 39.5. The van der Waals surface area contributed by atoms with E-state index >= 15 is 0 Å². The molecule has 0 fully saturated rings. The van der Waals surface area contributed by atoms with Gasteiger partial charge in [0.25, 0.3) is 0 Å². The van der Waals surface area contributed by atoms with Crippen LogP contribution in [0.2, 0.25) is 0 Å². The van der Waals surface area contributed by atoms with E-state index in [2.05, 4.69) is 230 Å². The zero-order valence-corrected chi connectivity index (χ0v) is 33.4. The number of para-hydroxylation sites is 2. The van der Waals surface area contributed by atoms with Gasteiger partial charge in [-0.15, -0.1) is 0 Å². The molecule has 0 N–H and O–H groups in total. The Morgan fingerprint density at radius 1 is 0.407 bits per heavy atom. The molecule has 2 aliphatic rings. The first-order valence-corrected chi connectivity index (χ1v) is 20.8. The Labute approximate surface area is 346 Å². The van der Waals surface area contributed by atoms with E-state index in [0.29, 0.717) is 0 Å². The number of hydrogen-bond acceptors (Lipinski definition) is 1. The summed E-state index contributed by atoms with van der Waals surface area (Å²) in [4.78, 5) is 2.31. The smallest absolute Gasteiger partial charge is 0.0538 e. The highest BCUT2D eigenvalue weighted by Crippen LogP contribution is 2.50. The molecule has 0 atom stereocenters. The first kappa shape index (κ1) is 35.0. The molecule has 2 nitrogen and oxygen atoms in total. The van der Waals surface area contributed by atoms with Crippen molar-refractivity contribution in [1.29, 1.82) is 0 Å². The van der Waals surface area contributed by atoms with Crippen molar-refractivity contribution in [2.75, 3.05) is 4.90 Å². The molecule has 0 bridgehead atoms. The maximum absolute atomic E-state index is 2.51. The van der Waals surface area contributed by atoms with Gasteiger partial charge in [-0.3, -0.25) is 0 Å². The third kappa shape index (κ3) is 5.94. The van der Waals surface area contributed by atoms with Crippen molar-refractivity contribution in [2.45, 2.75) is 32.1 Å². The van der Waals surface area contributed by atoms with Crippen LogP contribution in [-0.2, 0) is 5.41 Å². The van der Waals surface area contributed by atoms with E-state index in [9.17, 15) is 0 Å². The van der Waals surface area contributed by atoms with Crippen LogP contribution in [0, 0.1) is 0 Å². The first-order chi connectivity index (χ1) is 29.0. The number of nitrogens with zero attached hydrogens (tertiary/aromatic N) is 2. The highest BCUT2D eigenvalue weighted by Gasteiger charge is 2.35. The molecule has 0 saturated carbocycles. The summed E-state index contributed by atoms with van der Waals surface area (Å²) in [5.41, 5.74) is 20.4. The van der Waals surface area contributed by atoms with Crippen molar-refractivity contribution in [1.82, 2.24) is 4.57 Å². The maximum atomic E-state index is 2.51. The average molecular weight is 757 g/mol. The number of fused-ring (bicyclic) bond motifs is 6. The highest BCUT2D eigenvalue weighted by molar-refractivity contribution is 6.12. The van der Waals surface area contributed by atoms with E-state index in [0.717, 1.165) is 29.9 Å². The second-order valence-corrected chi connectivity index (χ2v) is 16.5. The Hall–Kier alpha value is -7.16. The molecule has 0 spiro atoms. The van der Waals surface area contributed by atoms with Gasteiger partial charge in [-0.2, -0.15) is 0 Å². The highest BCUT2D eigenvalue weighted by atomic mass is 15.1. The molecule has 9 aromatic rings. The minimum absolute atomic E-state index is 0.00863. The number of aromatic nitrogens is 1. The predicted octanol–water partition coefficient (Wildman–Crippen LogP) is 15.6. The average Bonchev–Trinajstić information content (AvgIpc) is 3.75. The molecule has 282 valence electrons. The lowest BCUT2D eigenvalue weighted by Gasteiger charge is -2.25. The summed E-state index contributed by atoms with van der Waals surface area (Å²) in [5, 5.41) is 2.54. The predicted molar refractivity (Wildman–Crippen MR) is 250 cm³/mol. The van der Waals surface area contributed by atoms with Crippen molar-refractivity contribution in [3.63, 3.8) is 0 Å². The van der Waals surface area contributed by atoms with Gasteiger partial charge >= 0.3 is 0 Å². The Bertz CT molecular complexity index is 3050. The van der Waals surface area contributed by atoms with Crippen LogP contribution < -0.4 is 4.90 Å². The quantitative estimate of drug-likeness (QED) is 0.157. The number of benzene rings is 8. The minimum atomic E-state index is -0.00863. The normalized spacial score (nSPS) is 14.1. The van der Waals surface area contributed by atoms with Crippen molar-refractivity contribution >= 4 is 50.1 Å². The zero-order valence-electron chi connectivity index (χ0n) is 33.4. The molecule has 11 rings (SSSR count). The van der Waals surface area contributed by atoms with Crippen LogP contribution in [0.15, 0.2) is 206 Å². The standard InChI is InChI=1S/C57H44N2/c1-57(2)53-21-13-12-20-49(53)50-33-26-44(38-54(50)57)41-24-31-48(32-25-41)59-55-34-27-42(39-14-6-3-7-15-39)36-51(55)52-37-43(28-35-56(52)59)40-22-29-47(30-23-40)58(45-16-8-4-9-17-45)46-18-10-5-11-19-46/h3-24,26-31,33-38H,25,32H2,1-2H3. The van der Waals surface area contributed by atoms with E-state index in [1.807, 2.05) is 0 Å². The van der Waals surface area contributed by atoms with Crippen LogP contribution >= 0.6 is 0 Å². The van der Waals surface area contributed by atoms with Crippen molar-refractivity contribution in [3.8, 4) is 33.4 Å². The van der Waals surface area contributed by atoms with Gasteiger partial charge in [-0.1, -0.05) is 147 Å². The van der Waals surface area contributed by atoms with E-state index in [1.54, 1.807) is 0 Å².